The third-order valence-corrected chi connectivity index (χ3v) is 4.36. The van der Waals surface area contributed by atoms with E-state index in [0.717, 1.165) is 12.0 Å². The zero-order chi connectivity index (χ0) is 10.3. The summed E-state index contributed by atoms with van der Waals surface area (Å²) in [6, 6.07) is 5.80. The first-order valence-electron chi connectivity index (χ1n) is 4.60. The van der Waals surface area contributed by atoms with Gasteiger partial charge in [-0.2, -0.15) is 0 Å². The minimum atomic E-state index is 0.143. The van der Waals surface area contributed by atoms with Crippen molar-refractivity contribution < 1.29 is 0 Å². The summed E-state index contributed by atoms with van der Waals surface area (Å²) in [7, 11) is 0. The standard InChI is InChI=1S/C11H11Cl3/c1-11(5-7(11)6-12)8-3-2-4-9(13)10(8)14/h2-4,7H,5-6H2,1H3. The lowest BCUT2D eigenvalue weighted by molar-refractivity contribution is 0.706. The molecule has 1 aliphatic rings. The molecule has 3 heteroatoms. The highest BCUT2D eigenvalue weighted by atomic mass is 35.5. The van der Waals surface area contributed by atoms with E-state index in [1.165, 1.54) is 0 Å². The van der Waals surface area contributed by atoms with E-state index in [0.29, 0.717) is 21.8 Å². The van der Waals surface area contributed by atoms with Crippen LogP contribution in [0.4, 0.5) is 0 Å². The summed E-state index contributed by atoms with van der Waals surface area (Å²) in [6.45, 7) is 2.19. The van der Waals surface area contributed by atoms with Crippen LogP contribution in [0.2, 0.25) is 10.0 Å². The molecule has 1 aromatic rings. The molecule has 14 heavy (non-hydrogen) atoms. The van der Waals surface area contributed by atoms with Crippen LogP contribution in [0.15, 0.2) is 18.2 Å². The molecule has 0 saturated heterocycles. The lowest BCUT2D eigenvalue weighted by Crippen LogP contribution is -2.06. The van der Waals surface area contributed by atoms with E-state index >= 15 is 0 Å². The molecule has 0 amide bonds. The molecule has 1 aliphatic carbocycles. The van der Waals surface area contributed by atoms with E-state index < -0.39 is 0 Å². The van der Waals surface area contributed by atoms with Gasteiger partial charge < -0.3 is 0 Å². The van der Waals surface area contributed by atoms with Gasteiger partial charge in [0.2, 0.25) is 0 Å². The van der Waals surface area contributed by atoms with Crippen LogP contribution in [0.3, 0.4) is 0 Å². The number of benzene rings is 1. The normalized spacial score (nSPS) is 30.4. The fourth-order valence-electron chi connectivity index (χ4n) is 1.95. The van der Waals surface area contributed by atoms with Crippen molar-refractivity contribution in [3.63, 3.8) is 0 Å². The average molecular weight is 250 g/mol. The van der Waals surface area contributed by atoms with Gasteiger partial charge in [0.05, 0.1) is 10.0 Å². The van der Waals surface area contributed by atoms with Crippen LogP contribution in [0, 0.1) is 5.92 Å². The summed E-state index contributed by atoms with van der Waals surface area (Å²) in [5, 5.41) is 1.31. The zero-order valence-corrected chi connectivity index (χ0v) is 10.1. The van der Waals surface area contributed by atoms with E-state index in [9.17, 15) is 0 Å². The van der Waals surface area contributed by atoms with Crippen LogP contribution in [-0.2, 0) is 5.41 Å². The molecule has 1 aromatic carbocycles. The Hall–Kier alpha value is 0.0900. The molecule has 76 valence electrons. The summed E-state index contributed by atoms with van der Waals surface area (Å²) < 4.78 is 0. The van der Waals surface area contributed by atoms with E-state index in [1.807, 2.05) is 18.2 Å². The number of rotatable bonds is 2. The van der Waals surface area contributed by atoms with Crippen molar-refractivity contribution >= 4 is 34.8 Å². The zero-order valence-electron chi connectivity index (χ0n) is 7.86. The van der Waals surface area contributed by atoms with E-state index in [-0.39, 0.29) is 5.41 Å². The Labute approximate surface area is 99.2 Å². The van der Waals surface area contributed by atoms with Gasteiger partial charge in [-0.3, -0.25) is 0 Å². The van der Waals surface area contributed by atoms with Crippen LogP contribution >= 0.6 is 34.8 Å². The highest BCUT2D eigenvalue weighted by molar-refractivity contribution is 6.42. The molecule has 0 aliphatic heterocycles. The maximum absolute atomic E-state index is 6.17. The van der Waals surface area contributed by atoms with Crippen LogP contribution in [0.1, 0.15) is 18.9 Å². The van der Waals surface area contributed by atoms with Crippen molar-refractivity contribution in [2.75, 3.05) is 5.88 Å². The number of hydrogen-bond acceptors (Lipinski definition) is 0. The highest BCUT2D eigenvalue weighted by Gasteiger charge is 2.51. The predicted molar refractivity (Wildman–Crippen MR) is 62.6 cm³/mol. The Bertz CT molecular complexity index is 362. The molecule has 2 rings (SSSR count). The minimum absolute atomic E-state index is 0.143. The molecule has 0 spiro atoms. The summed E-state index contributed by atoms with van der Waals surface area (Å²) >= 11 is 18.0. The van der Waals surface area contributed by atoms with Crippen molar-refractivity contribution in [3.8, 4) is 0 Å². The van der Waals surface area contributed by atoms with E-state index in [1.54, 1.807) is 0 Å². The third kappa shape index (κ3) is 1.54. The Morgan fingerprint density at radius 2 is 2.14 bits per heavy atom. The second kappa shape index (κ2) is 3.59. The molecular formula is C11H11Cl3. The first kappa shape index (κ1) is 10.6. The summed E-state index contributed by atoms with van der Waals surface area (Å²) in [5.41, 5.74) is 1.28. The Morgan fingerprint density at radius 1 is 1.43 bits per heavy atom. The lowest BCUT2D eigenvalue weighted by Gasteiger charge is -2.13. The maximum Gasteiger partial charge on any atom is 0.0629 e. The Kier molecular flexibility index (Phi) is 2.72. The number of alkyl halides is 1. The third-order valence-electron chi connectivity index (χ3n) is 3.16. The Morgan fingerprint density at radius 3 is 2.71 bits per heavy atom. The van der Waals surface area contributed by atoms with Gasteiger partial charge in [-0.05, 0) is 29.4 Å². The van der Waals surface area contributed by atoms with Crippen molar-refractivity contribution in [2.45, 2.75) is 18.8 Å². The minimum Gasteiger partial charge on any atom is -0.126 e. The fraction of sp³-hybridized carbons (Fsp3) is 0.455. The van der Waals surface area contributed by atoms with Crippen LogP contribution in [0.25, 0.3) is 0 Å². The molecule has 0 aromatic heterocycles. The molecule has 1 fully saturated rings. The molecule has 2 unspecified atom stereocenters. The van der Waals surface area contributed by atoms with Gasteiger partial charge in [0.25, 0.3) is 0 Å². The van der Waals surface area contributed by atoms with Gasteiger partial charge in [0.15, 0.2) is 0 Å². The molecule has 0 nitrogen and oxygen atoms in total. The van der Waals surface area contributed by atoms with E-state index in [2.05, 4.69) is 6.92 Å². The largest absolute Gasteiger partial charge is 0.126 e. The van der Waals surface area contributed by atoms with Gasteiger partial charge in [-0.25, -0.2) is 0 Å². The number of halogens is 3. The molecular weight excluding hydrogens is 238 g/mol. The van der Waals surface area contributed by atoms with Crippen molar-refractivity contribution in [3.05, 3.63) is 33.8 Å². The fourth-order valence-corrected chi connectivity index (χ4v) is 2.92. The molecule has 0 bridgehead atoms. The quantitative estimate of drug-likeness (QED) is 0.677. The summed E-state index contributed by atoms with van der Waals surface area (Å²) in [6.07, 6.45) is 1.11. The molecule has 1 saturated carbocycles. The summed E-state index contributed by atoms with van der Waals surface area (Å²) in [4.78, 5) is 0. The second-order valence-electron chi connectivity index (χ2n) is 4.07. The lowest BCUT2D eigenvalue weighted by atomic mass is 9.96. The molecule has 0 heterocycles. The van der Waals surface area contributed by atoms with Gasteiger partial charge in [-0.1, -0.05) is 42.3 Å². The van der Waals surface area contributed by atoms with Crippen LogP contribution in [0.5, 0.6) is 0 Å². The molecule has 0 N–H and O–H groups in total. The summed E-state index contributed by atoms with van der Waals surface area (Å²) in [5.74, 6) is 1.24. The second-order valence-corrected chi connectivity index (χ2v) is 5.17. The monoisotopic (exact) mass is 248 g/mol. The highest BCUT2D eigenvalue weighted by Crippen LogP contribution is 2.56. The van der Waals surface area contributed by atoms with Crippen LogP contribution < -0.4 is 0 Å². The molecule has 0 radical (unpaired) electrons. The topological polar surface area (TPSA) is 0 Å². The molecule has 2 atom stereocenters. The van der Waals surface area contributed by atoms with E-state index in [4.69, 9.17) is 34.8 Å². The maximum atomic E-state index is 6.17. The first-order valence-corrected chi connectivity index (χ1v) is 5.89. The van der Waals surface area contributed by atoms with Crippen LogP contribution in [-0.4, -0.2) is 5.88 Å². The van der Waals surface area contributed by atoms with Crippen molar-refractivity contribution in [2.24, 2.45) is 5.92 Å². The van der Waals surface area contributed by atoms with Gasteiger partial charge >= 0.3 is 0 Å². The van der Waals surface area contributed by atoms with Gasteiger partial charge in [0.1, 0.15) is 0 Å². The van der Waals surface area contributed by atoms with Gasteiger partial charge in [0, 0.05) is 5.88 Å². The van der Waals surface area contributed by atoms with Crippen molar-refractivity contribution in [1.82, 2.24) is 0 Å². The van der Waals surface area contributed by atoms with Gasteiger partial charge in [-0.15, -0.1) is 11.6 Å². The average Bonchev–Trinajstić information content (AvgIpc) is 2.83. The van der Waals surface area contributed by atoms with Crippen molar-refractivity contribution in [1.29, 1.82) is 0 Å². The smallest absolute Gasteiger partial charge is 0.0629 e. The predicted octanol–water partition coefficient (Wildman–Crippen LogP) is 4.51. The first-order chi connectivity index (χ1) is 6.59. The Balaban J connectivity index is 2.39. The number of hydrogen-bond donors (Lipinski definition) is 0. The SMILES string of the molecule is CC1(c2cccc(Cl)c2Cl)CC1CCl.